The number of nitrogens with zero attached hydrogens (tertiary/aromatic N) is 5. The Morgan fingerprint density at radius 1 is 0.936 bits per heavy atom. The fourth-order valence-corrected chi connectivity index (χ4v) is 10.6. The molecule has 1 N–H and O–H groups in total. The largest absolute Gasteiger partial charge is 0.492 e. The summed E-state index contributed by atoms with van der Waals surface area (Å²) in [6, 6.07) is 10.9. The summed E-state index contributed by atoms with van der Waals surface area (Å²) in [4.78, 5) is 34.4. The lowest BCUT2D eigenvalue weighted by atomic mass is 9.50. The zero-order valence-electron chi connectivity index (χ0n) is 27.0. The molecule has 3 aromatic rings. The number of carbonyl (C=O) groups is 2. The molecule has 0 atom stereocenters. The molecule has 0 radical (unpaired) electrons. The molecule has 47 heavy (non-hydrogen) atoms. The zero-order valence-corrected chi connectivity index (χ0v) is 27.8. The van der Waals surface area contributed by atoms with Crippen LogP contribution < -0.4 is 14.4 Å². The van der Waals surface area contributed by atoms with E-state index in [0.717, 1.165) is 36.0 Å². The third-order valence-electron chi connectivity index (χ3n) is 10.5. The molecule has 8 rings (SSSR count). The van der Waals surface area contributed by atoms with Gasteiger partial charge in [-0.2, -0.15) is 0 Å². The van der Waals surface area contributed by atoms with Gasteiger partial charge in [-0.25, -0.2) is 13.1 Å². The van der Waals surface area contributed by atoms with E-state index in [1.807, 2.05) is 47.9 Å². The number of ether oxygens (including phenoxy) is 1. The molecule has 248 valence electrons. The van der Waals surface area contributed by atoms with Crippen molar-refractivity contribution in [2.45, 2.75) is 52.4 Å². The van der Waals surface area contributed by atoms with Gasteiger partial charge in [0.15, 0.2) is 11.5 Å². The van der Waals surface area contributed by atoms with E-state index < -0.39 is 15.9 Å². The van der Waals surface area contributed by atoms with Crippen LogP contribution in [-0.2, 0) is 10.0 Å². The van der Waals surface area contributed by atoms with Crippen LogP contribution in [0.5, 0.6) is 5.75 Å². The summed E-state index contributed by atoms with van der Waals surface area (Å²) >= 11 is 0. The number of benzene rings is 1. The highest BCUT2D eigenvalue weighted by Crippen LogP contribution is 2.60. The quantitative estimate of drug-likeness (QED) is 0.353. The monoisotopic (exact) mass is 658 g/mol. The van der Waals surface area contributed by atoms with Gasteiger partial charge in [0.2, 0.25) is 10.0 Å². The number of carbonyl (C=O) groups excluding carboxylic acids is 2. The SMILES string of the molecule is CCOc1cncc(-c2ccc(C(=O)N3CCN(c4ccc(C(=O)NS(=O)(=O)CC56CC7CC(CC(C7)C5)C6)nn4)CC3)cc2C)c1. The Kier molecular flexibility index (Phi) is 8.40. The van der Waals surface area contributed by atoms with Crippen molar-refractivity contribution in [2.75, 3.05) is 43.4 Å². The molecule has 3 heterocycles. The number of nitrogens with one attached hydrogen (secondary N) is 1. The minimum Gasteiger partial charge on any atom is -0.492 e. The second kappa shape index (κ2) is 12.5. The smallest absolute Gasteiger partial charge is 0.285 e. The van der Waals surface area contributed by atoms with E-state index in [9.17, 15) is 18.0 Å². The minimum absolute atomic E-state index is 0.00723. The van der Waals surface area contributed by atoms with Crippen LogP contribution >= 0.6 is 0 Å². The highest BCUT2D eigenvalue weighted by molar-refractivity contribution is 7.90. The number of hydrogen-bond acceptors (Lipinski definition) is 9. The van der Waals surface area contributed by atoms with E-state index in [0.29, 0.717) is 67.7 Å². The van der Waals surface area contributed by atoms with Crippen LogP contribution in [0.4, 0.5) is 5.82 Å². The molecule has 1 aliphatic heterocycles. The van der Waals surface area contributed by atoms with E-state index >= 15 is 0 Å². The number of amides is 2. The van der Waals surface area contributed by atoms with Crippen molar-refractivity contribution in [3.63, 3.8) is 0 Å². The Morgan fingerprint density at radius 3 is 2.26 bits per heavy atom. The van der Waals surface area contributed by atoms with Crippen molar-refractivity contribution < 1.29 is 22.7 Å². The topological polar surface area (TPSA) is 135 Å². The summed E-state index contributed by atoms with van der Waals surface area (Å²) in [7, 11) is -3.81. The number of hydrogen-bond donors (Lipinski definition) is 1. The maximum atomic E-state index is 13.4. The van der Waals surface area contributed by atoms with Gasteiger partial charge in [-0.05, 0) is 117 Å². The van der Waals surface area contributed by atoms with Crippen LogP contribution in [0.2, 0.25) is 0 Å². The summed E-state index contributed by atoms with van der Waals surface area (Å²) in [6.07, 6.45) is 10.0. The number of anilines is 1. The maximum Gasteiger partial charge on any atom is 0.285 e. The predicted octanol–water partition coefficient (Wildman–Crippen LogP) is 4.48. The molecule has 4 bridgehead atoms. The van der Waals surface area contributed by atoms with Crippen molar-refractivity contribution in [2.24, 2.45) is 23.2 Å². The van der Waals surface area contributed by atoms with E-state index in [1.165, 1.54) is 25.3 Å². The first-order chi connectivity index (χ1) is 22.6. The summed E-state index contributed by atoms with van der Waals surface area (Å²) in [5.74, 6) is 2.41. The van der Waals surface area contributed by atoms with E-state index in [-0.39, 0.29) is 22.8 Å². The highest BCUT2D eigenvalue weighted by Gasteiger charge is 2.52. The summed E-state index contributed by atoms with van der Waals surface area (Å²) in [6.45, 7) is 6.60. The molecule has 2 aromatic heterocycles. The van der Waals surface area contributed by atoms with Gasteiger partial charge in [-0.15, -0.1) is 10.2 Å². The number of pyridine rings is 1. The maximum absolute atomic E-state index is 13.4. The van der Waals surface area contributed by atoms with Gasteiger partial charge in [0.25, 0.3) is 11.8 Å². The fourth-order valence-electron chi connectivity index (χ4n) is 8.97. The Bertz CT molecular complexity index is 1740. The first-order valence-electron chi connectivity index (χ1n) is 16.7. The molecular formula is C35H42N6O5S. The van der Waals surface area contributed by atoms with Gasteiger partial charge in [0, 0.05) is 43.5 Å². The van der Waals surface area contributed by atoms with Crippen LogP contribution in [-0.4, -0.2) is 78.9 Å². The highest BCUT2D eigenvalue weighted by atomic mass is 32.2. The van der Waals surface area contributed by atoms with Gasteiger partial charge in [-0.1, -0.05) is 6.07 Å². The Morgan fingerprint density at radius 2 is 1.64 bits per heavy atom. The average Bonchev–Trinajstić information content (AvgIpc) is 3.03. The number of rotatable bonds is 9. The third-order valence-corrected chi connectivity index (χ3v) is 12.0. The van der Waals surface area contributed by atoms with E-state index in [2.05, 4.69) is 19.9 Å². The van der Waals surface area contributed by atoms with Crippen LogP contribution in [0.15, 0.2) is 48.8 Å². The number of aromatic nitrogens is 3. The predicted molar refractivity (Wildman–Crippen MR) is 178 cm³/mol. The van der Waals surface area contributed by atoms with Crippen molar-refractivity contribution in [1.82, 2.24) is 24.8 Å². The van der Waals surface area contributed by atoms with Gasteiger partial charge in [0.05, 0.1) is 18.6 Å². The Balaban J connectivity index is 0.929. The lowest BCUT2D eigenvalue weighted by molar-refractivity contribution is -0.0391. The van der Waals surface area contributed by atoms with Crippen LogP contribution in [0.25, 0.3) is 11.1 Å². The van der Waals surface area contributed by atoms with E-state index in [4.69, 9.17) is 4.74 Å². The van der Waals surface area contributed by atoms with Gasteiger partial charge in [-0.3, -0.25) is 14.6 Å². The lowest BCUT2D eigenvalue weighted by Gasteiger charge is -2.56. The van der Waals surface area contributed by atoms with Gasteiger partial charge >= 0.3 is 0 Å². The standard InChI is InChI=1S/C35H42N6O5S/c1-3-46-29-16-28(20-36-21-29)30-5-4-27(12-23(30)2)34(43)41-10-8-40(9-11-41)32-7-6-31(37-38-32)33(42)39-47(44,45)22-35-17-24-13-25(18-35)15-26(14-24)19-35/h4-7,12,16,20-21,24-26H,3,8-11,13-15,17-19,22H2,1-2H3,(H,39,42). The summed E-state index contributed by atoms with van der Waals surface area (Å²) < 4.78 is 34.1. The Labute approximate surface area is 276 Å². The molecule has 12 heteroatoms. The lowest BCUT2D eigenvalue weighted by Crippen LogP contribution is -2.51. The first kappa shape index (κ1) is 31.5. The van der Waals surface area contributed by atoms with Crippen molar-refractivity contribution >= 4 is 27.7 Å². The third kappa shape index (κ3) is 6.70. The normalized spacial score (nSPS) is 25.1. The number of piperazine rings is 1. The molecule has 5 aliphatic rings. The van der Waals surface area contributed by atoms with Crippen molar-refractivity contribution in [3.8, 4) is 16.9 Å². The fraction of sp³-hybridized carbons (Fsp3) is 0.514. The molecule has 2 amide bonds. The Hall–Kier alpha value is -4.06. The molecule has 4 aliphatic carbocycles. The molecule has 0 unspecified atom stereocenters. The molecule has 0 spiro atoms. The second-order valence-corrected chi connectivity index (χ2v) is 15.8. The van der Waals surface area contributed by atoms with Gasteiger partial charge in [0.1, 0.15) is 5.75 Å². The minimum atomic E-state index is -3.81. The summed E-state index contributed by atoms with van der Waals surface area (Å²) in [5, 5.41) is 8.30. The van der Waals surface area contributed by atoms with Crippen LogP contribution in [0.1, 0.15) is 71.9 Å². The van der Waals surface area contributed by atoms with Crippen LogP contribution in [0, 0.1) is 30.1 Å². The van der Waals surface area contributed by atoms with E-state index in [1.54, 1.807) is 18.5 Å². The molecule has 4 saturated carbocycles. The molecule has 1 saturated heterocycles. The number of sulfonamides is 1. The molecule has 1 aromatic carbocycles. The van der Waals surface area contributed by atoms with Crippen molar-refractivity contribution in [1.29, 1.82) is 0 Å². The first-order valence-corrected chi connectivity index (χ1v) is 18.4. The molecule has 11 nitrogen and oxygen atoms in total. The zero-order chi connectivity index (χ0) is 32.8. The molecular weight excluding hydrogens is 616 g/mol. The van der Waals surface area contributed by atoms with Crippen LogP contribution in [0.3, 0.4) is 0 Å². The second-order valence-electron chi connectivity index (χ2n) is 14.0. The average molecular weight is 659 g/mol. The van der Waals surface area contributed by atoms with Crippen molar-refractivity contribution in [3.05, 3.63) is 65.6 Å². The molecule has 5 fully saturated rings. The van der Waals surface area contributed by atoms with Gasteiger partial charge < -0.3 is 14.5 Å². The summed E-state index contributed by atoms with van der Waals surface area (Å²) in [5.41, 5.74) is 3.31. The number of aryl methyl sites for hydroxylation is 1.